The molecule has 118 valence electrons. The monoisotopic (exact) mass is 294 g/mol. The van der Waals surface area contributed by atoms with Crippen LogP contribution in [0.2, 0.25) is 0 Å². The normalized spacial score (nSPS) is 13.0. The Morgan fingerprint density at radius 2 is 1.95 bits per heavy atom. The van der Waals surface area contributed by atoms with Gasteiger partial charge in [-0.1, -0.05) is 20.8 Å². The van der Waals surface area contributed by atoms with E-state index in [1.165, 1.54) is 12.1 Å². The summed E-state index contributed by atoms with van der Waals surface area (Å²) in [5, 5.41) is 2.76. The second-order valence-corrected chi connectivity index (χ2v) is 6.74. The summed E-state index contributed by atoms with van der Waals surface area (Å²) < 4.78 is 13.3. The van der Waals surface area contributed by atoms with E-state index in [-0.39, 0.29) is 17.1 Å². The van der Waals surface area contributed by atoms with E-state index in [2.05, 4.69) is 26.1 Å². The summed E-state index contributed by atoms with van der Waals surface area (Å²) in [7, 11) is 0. The van der Waals surface area contributed by atoms with Crippen LogP contribution in [0.25, 0.3) is 0 Å². The van der Waals surface area contributed by atoms with Crippen molar-refractivity contribution in [3.63, 3.8) is 0 Å². The van der Waals surface area contributed by atoms with E-state index < -0.39 is 0 Å². The van der Waals surface area contributed by atoms with Crippen LogP contribution in [0, 0.1) is 24.1 Å². The summed E-state index contributed by atoms with van der Waals surface area (Å²) in [5.74, 6) is -0.00485. The fourth-order valence-corrected chi connectivity index (χ4v) is 2.55. The standard InChI is InChI=1S/C17H27FN2O/c1-12-9-14(18)11-15(10-12)20-16(21)6-5-13(7-8-19)17(2,3)4/h9-11,13H,5-8,19H2,1-4H3,(H,20,21). The third-order valence-corrected chi connectivity index (χ3v) is 3.79. The average molecular weight is 294 g/mol. The van der Waals surface area contributed by atoms with Crippen molar-refractivity contribution < 1.29 is 9.18 Å². The van der Waals surface area contributed by atoms with E-state index in [1.54, 1.807) is 13.0 Å². The molecule has 0 aliphatic heterocycles. The largest absolute Gasteiger partial charge is 0.330 e. The molecule has 4 heteroatoms. The van der Waals surface area contributed by atoms with Gasteiger partial charge in [0.25, 0.3) is 0 Å². The highest BCUT2D eigenvalue weighted by molar-refractivity contribution is 5.90. The van der Waals surface area contributed by atoms with Gasteiger partial charge in [-0.3, -0.25) is 4.79 Å². The van der Waals surface area contributed by atoms with Crippen LogP contribution in [0.4, 0.5) is 10.1 Å². The maximum Gasteiger partial charge on any atom is 0.224 e. The topological polar surface area (TPSA) is 55.1 Å². The van der Waals surface area contributed by atoms with Crippen molar-refractivity contribution in [2.45, 2.75) is 47.0 Å². The van der Waals surface area contributed by atoms with Gasteiger partial charge in [0, 0.05) is 12.1 Å². The van der Waals surface area contributed by atoms with E-state index in [1.807, 2.05) is 0 Å². The molecule has 0 radical (unpaired) electrons. The van der Waals surface area contributed by atoms with Crippen LogP contribution >= 0.6 is 0 Å². The van der Waals surface area contributed by atoms with Crippen LogP contribution in [0.1, 0.15) is 45.6 Å². The Morgan fingerprint density at radius 1 is 1.29 bits per heavy atom. The molecule has 1 rings (SSSR count). The van der Waals surface area contributed by atoms with Crippen LogP contribution in [0.3, 0.4) is 0 Å². The van der Waals surface area contributed by atoms with Gasteiger partial charge < -0.3 is 11.1 Å². The number of amides is 1. The maximum atomic E-state index is 13.3. The Balaban J connectivity index is 2.57. The number of carbonyl (C=O) groups excluding carboxylic acids is 1. The number of aryl methyl sites for hydroxylation is 1. The van der Waals surface area contributed by atoms with Gasteiger partial charge >= 0.3 is 0 Å². The van der Waals surface area contributed by atoms with Gasteiger partial charge in [0.2, 0.25) is 5.91 Å². The lowest BCUT2D eigenvalue weighted by Gasteiger charge is -2.30. The number of rotatable bonds is 6. The third kappa shape index (κ3) is 6.25. The molecular formula is C17H27FN2O. The SMILES string of the molecule is Cc1cc(F)cc(NC(=O)CCC(CCN)C(C)(C)C)c1. The number of nitrogens with one attached hydrogen (secondary N) is 1. The minimum atomic E-state index is -0.332. The molecular weight excluding hydrogens is 267 g/mol. The fraction of sp³-hybridized carbons (Fsp3) is 0.588. The van der Waals surface area contributed by atoms with Crippen molar-refractivity contribution in [1.82, 2.24) is 0 Å². The maximum absolute atomic E-state index is 13.3. The third-order valence-electron chi connectivity index (χ3n) is 3.79. The Hall–Kier alpha value is -1.42. The van der Waals surface area contributed by atoms with Crippen molar-refractivity contribution >= 4 is 11.6 Å². The van der Waals surface area contributed by atoms with Gasteiger partial charge in [0.05, 0.1) is 0 Å². The minimum absolute atomic E-state index is 0.0775. The van der Waals surface area contributed by atoms with Gasteiger partial charge in [-0.25, -0.2) is 4.39 Å². The van der Waals surface area contributed by atoms with Crippen LogP contribution < -0.4 is 11.1 Å². The molecule has 1 aromatic carbocycles. The minimum Gasteiger partial charge on any atom is -0.330 e. The smallest absolute Gasteiger partial charge is 0.224 e. The van der Waals surface area contributed by atoms with E-state index in [0.717, 1.165) is 18.4 Å². The second-order valence-electron chi connectivity index (χ2n) is 6.74. The number of halogens is 1. The first kappa shape index (κ1) is 17.6. The van der Waals surface area contributed by atoms with Crippen molar-refractivity contribution in [2.75, 3.05) is 11.9 Å². The molecule has 1 aromatic rings. The molecule has 3 N–H and O–H groups in total. The van der Waals surface area contributed by atoms with Gasteiger partial charge in [-0.05, 0) is 61.4 Å². The summed E-state index contributed by atoms with van der Waals surface area (Å²) in [6, 6.07) is 4.54. The molecule has 0 aliphatic rings. The number of hydrogen-bond acceptors (Lipinski definition) is 2. The first-order chi connectivity index (χ1) is 9.72. The Kier molecular flexibility index (Phi) is 6.34. The lowest BCUT2D eigenvalue weighted by molar-refractivity contribution is -0.116. The Morgan fingerprint density at radius 3 is 2.48 bits per heavy atom. The van der Waals surface area contributed by atoms with Crippen molar-refractivity contribution in [3.8, 4) is 0 Å². The predicted molar refractivity (Wildman–Crippen MR) is 85.6 cm³/mol. The van der Waals surface area contributed by atoms with Crippen LogP contribution in [-0.4, -0.2) is 12.5 Å². The highest BCUT2D eigenvalue weighted by Gasteiger charge is 2.24. The number of hydrogen-bond donors (Lipinski definition) is 2. The first-order valence-corrected chi connectivity index (χ1v) is 7.49. The number of anilines is 1. The van der Waals surface area contributed by atoms with E-state index in [4.69, 9.17) is 5.73 Å². The molecule has 1 amide bonds. The summed E-state index contributed by atoms with van der Waals surface area (Å²) in [6.07, 6.45) is 2.13. The first-order valence-electron chi connectivity index (χ1n) is 7.49. The molecule has 0 heterocycles. The number of carbonyl (C=O) groups is 1. The fourth-order valence-electron chi connectivity index (χ4n) is 2.55. The zero-order valence-electron chi connectivity index (χ0n) is 13.5. The van der Waals surface area contributed by atoms with Crippen molar-refractivity contribution in [2.24, 2.45) is 17.1 Å². The Bertz CT molecular complexity index is 460. The molecule has 0 bridgehead atoms. The van der Waals surface area contributed by atoms with E-state index in [9.17, 15) is 9.18 Å². The molecule has 0 fully saturated rings. The predicted octanol–water partition coefficient (Wildman–Crippen LogP) is 3.86. The van der Waals surface area contributed by atoms with Crippen LogP contribution in [-0.2, 0) is 4.79 Å². The van der Waals surface area contributed by atoms with E-state index >= 15 is 0 Å². The summed E-state index contributed by atoms with van der Waals surface area (Å²) >= 11 is 0. The lowest BCUT2D eigenvalue weighted by atomic mass is 9.76. The number of nitrogens with two attached hydrogens (primary N) is 1. The Labute approximate surface area is 127 Å². The highest BCUT2D eigenvalue weighted by Crippen LogP contribution is 2.32. The molecule has 0 aromatic heterocycles. The van der Waals surface area contributed by atoms with Crippen LogP contribution in [0.5, 0.6) is 0 Å². The van der Waals surface area contributed by atoms with E-state index in [0.29, 0.717) is 24.6 Å². The van der Waals surface area contributed by atoms with Gasteiger partial charge in [-0.15, -0.1) is 0 Å². The molecule has 0 saturated heterocycles. The van der Waals surface area contributed by atoms with Crippen molar-refractivity contribution in [3.05, 3.63) is 29.6 Å². The van der Waals surface area contributed by atoms with Gasteiger partial charge in [0.15, 0.2) is 0 Å². The zero-order chi connectivity index (χ0) is 16.0. The quantitative estimate of drug-likeness (QED) is 0.837. The molecule has 0 aliphatic carbocycles. The number of benzene rings is 1. The molecule has 21 heavy (non-hydrogen) atoms. The summed E-state index contributed by atoms with van der Waals surface area (Å²) in [6.45, 7) is 8.94. The zero-order valence-corrected chi connectivity index (χ0v) is 13.5. The summed E-state index contributed by atoms with van der Waals surface area (Å²) in [5.41, 5.74) is 7.09. The molecule has 1 unspecified atom stereocenters. The van der Waals surface area contributed by atoms with Gasteiger partial charge in [-0.2, -0.15) is 0 Å². The second kappa shape index (κ2) is 7.55. The van der Waals surface area contributed by atoms with Crippen molar-refractivity contribution in [1.29, 1.82) is 0 Å². The summed E-state index contributed by atoms with van der Waals surface area (Å²) in [4.78, 5) is 12.0. The molecule has 3 nitrogen and oxygen atoms in total. The lowest BCUT2D eigenvalue weighted by Crippen LogP contribution is -2.25. The molecule has 1 atom stereocenters. The molecule has 0 spiro atoms. The van der Waals surface area contributed by atoms with Crippen LogP contribution in [0.15, 0.2) is 18.2 Å². The average Bonchev–Trinajstić information content (AvgIpc) is 2.31. The van der Waals surface area contributed by atoms with Gasteiger partial charge in [0.1, 0.15) is 5.82 Å². The molecule has 0 saturated carbocycles. The highest BCUT2D eigenvalue weighted by atomic mass is 19.1.